The number of halogens is 1. The van der Waals surface area contributed by atoms with Crippen LogP contribution in [0.15, 0.2) is 27.5 Å². The molecule has 1 unspecified atom stereocenters. The summed E-state index contributed by atoms with van der Waals surface area (Å²) >= 11 is 3.47. The molecule has 0 saturated heterocycles. The van der Waals surface area contributed by atoms with Gasteiger partial charge in [0.25, 0.3) is 0 Å². The molecule has 1 aliphatic rings. The maximum atomic E-state index is 6.10. The van der Waals surface area contributed by atoms with Gasteiger partial charge in [0.05, 0.1) is 23.7 Å². The van der Waals surface area contributed by atoms with Gasteiger partial charge in [-0.25, -0.2) is 0 Å². The van der Waals surface area contributed by atoms with Gasteiger partial charge in [-0.05, 0) is 33.6 Å². The Morgan fingerprint density at radius 3 is 2.89 bits per heavy atom. The van der Waals surface area contributed by atoms with Gasteiger partial charge in [0.15, 0.2) is 17.3 Å². The number of fused-ring (bicyclic) bond motifs is 1. The van der Waals surface area contributed by atoms with Gasteiger partial charge >= 0.3 is 0 Å². The van der Waals surface area contributed by atoms with Crippen molar-refractivity contribution in [2.24, 2.45) is 5.73 Å². The van der Waals surface area contributed by atoms with Crippen molar-refractivity contribution in [1.29, 1.82) is 0 Å². The number of ether oxygens (including phenoxy) is 2. The third-order valence-corrected chi connectivity index (χ3v) is 3.43. The molecule has 7 heteroatoms. The lowest BCUT2D eigenvalue weighted by atomic mass is 10.1. The molecule has 1 aromatic heterocycles. The number of rotatable bonds is 2. The third kappa shape index (κ3) is 2.43. The summed E-state index contributed by atoms with van der Waals surface area (Å²) in [5, 5.41) is 3.75. The summed E-state index contributed by atoms with van der Waals surface area (Å²) in [6.45, 7) is 1.27. The van der Waals surface area contributed by atoms with Crippen LogP contribution in [-0.4, -0.2) is 23.4 Å². The van der Waals surface area contributed by atoms with E-state index >= 15 is 0 Å². The summed E-state index contributed by atoms with van der Waals surface area (Å²) in [5.74, 6) is 1.82. The number of aromatic nitrogens is 2. The molecule has 0 bridgehead atoms. The smallest absolute Gasteiger partial charge is 0.213 e. The number of benzene rings is 1. The third-order valence-electron chi connectivity index (χ3n) is 2.84. The van der Waals surface area contributed by atoms with Crippen molar-refractivity contribution < 1.29 is 14.0 Å². The molecule has 0 fully saturated rings. The molecule has 2 heterocycles. The van der Waals surface area contributed by atoms with E-state index in [4.69, 9.17) is 19.7 Å². The molecule has 1 atom stereocenters. The first kappa shape index (κ1) is 12.4. The van der Waals surface area contributed by atoms with E-state index in [1.807, 2.05) is 12.1 Å². The number of hydrogen-bond acceptors (Lipinski definition) is 6. The lowest BCUT2D eigenvalue weighted by Gasteiger charge is -2.14. The van der Waals surface area contributed by atoms with Crippen LogP contribution in [0.1, 0.15) is 23.9 Å². The van der Waals surface area contributed by atoms with E-state index in [2.05, 4.69) is 26.1 Å². The zero-order valence-corrected chi connectivity index (χ0v) is 11.6. The molecule has 2 aromatic rings. The fraction of sp³-hybridized carbons (Fsp3) is 0.333. The molecular weight excluding hydrogens is 314 g/mol. The minimum atomic E-state index is -0.466. The van der Waals surface area contributed by atoms with Crippen molar-refractivity contribution in [1.82, 2.24) is 10.1 Å². The zero-order chi connectivity index (χ0) is 13.2. The quantitative estimate of drug-likeness (QED) is 0.909. The fourth-order valence-corrected chi connectivity index (χ4v) is 2.47. The van der Waals surface area contributed by atoms with Gasteiger partial charge in [0, 0.05) is 6.42 Å². The average Bonchev–Trinajstić information content (AvgIpc) is 2.83. The summed E-state index contributed by atoms with van der Waals surface area (Å²) in [7, 11) is 0. The van der Waals surface area contributed by atoms with Gasteiger partial charge in [0.2, 0.25) is 6.39 Å². The van der Waals surface area contributed by atoms with Gasteiger partial charge < -0.3 is 19.7 Å². The molecule has 1 aliphatic heterocycles. The first-order valence-corrected chi connectivity index (χ1v) is 6.66. The Morgan fingerprint density at radius 1 is 1.26 bits per heavy atom. The predicted molar refractivity (Wildman–Crippen MR) is 70.1 cm³/mol. The molecule has 0 radical (unpaired) electrons. The lowest BCUT2D eigenvalue weighted by molar-refractivity contribution is 0.296. The van der Waals surface area contributed by atoms with E-state index in [9.17, 15) is 0 Å². The summed E-state index contributed by atoms with van der Waals surface area (Å²) in [4.78, 5) is 3.96. The molecule has 0 amide bonds. The van der Waals surface area contributed by atoms with Crippen LogP contribution >= 0.6 is 15.9 Å². The normalized spacial score (nSPS) is 15.9. The van der Waals surface area contributed by atoms with Crippen molar-refractivity contribution in [2.75, 3.05) is 13.2 Å². The van der Waals surface area contributed by atoms with E-state index < -0.39 is 6.04 Å². The number of nitrogens with zero attached hydrogens (tertiary/aromatic N) is 2. The topological polar surface area (TPSA) is 83.4 Å². The zero-order valence-electron chi connectivity index (χ0n) is 10.0. The summed E-state index contributed by atoms with van der Waals surface area (Å²) in [5.41, 5.74) is 6.93. The van der Waals surface area contributed by atoms with E-state index in [0.29, 0.717) is 30.5 Å². The fourth-order valence-electron chi connectivity index (χ4n) is 1.90. The summed E-state index contributed by atoms with van der Waals surface area (Å²) < 4.78 is 16.8. The second-order valence-electron chi connectivity index (χ2n) is 4.15. The van der Waals surface area contributed by atoms with Crippen molar-refractivity contribution in [3.63, 3.8) is 0 Å². The molecule has 1 aromatic carbocycles. The molecule has 0 aliphatic carbocycles. The van der Waals surface area contributed by atoms with Gasteiger partial charge in [-0.15, -0.1) is 0 Å². The van der Waals surface area contributed by atoms with Crippen LogP contribution in [0.5, 0.6) is 11.5 Å². The van der Waals surface area contributed by atoms with Gasteiger partial charge in [-0.2, -0.15) is 4.98 Å². The Morgan fingerprint density at radius 2 is 2.11 bits per heavy atom. The molecule has 100 valence electrons. The SMILES string of the molecule is NC(c1cc(Br)c2c(c1)OCCCO2)c1ncon1. The van der Waals surface area contributed by atoms with Crippen LogP contribution in [0.2, 0.25) is 0 Å². The lowest BCUT2D eigenvalue weighted by Crippen LogP contribution is -2.14. The maximum Gasteiger partial charge on any atom is 0.213 e. The van der Waals surface area contributed by atoms with Crippen LogP contribution < -0.4 is 15.2 Å². The monoisotopic (exact) mass is 325 g/mol. The highest BCUT2D eigenvalue weighted by Gasteiger charge is 2.20. The van der Waals surface area contributed by atoms with Crippen LogP contribution in [0.25, 0.3) is 0 Å². The van der Waals surface area contributed by atoms with Crippen molar-refractivity contribution >= 4 is 15.9 Å². The van der Waals surface area contributed by atoms with E-state index in [1.54, 1.807) is 0 Å². The standard InChI is InChI=1S/C12H12BrN3O3/c13-8-4-7(10(14)12-15-6-19-16-12)5-9-11(8)18-3-1-2-17-9/h4-6,10H,1-3,14H2. The van der Waals surface area contributed by atoms with Crippen LogP contribution in [0.3, 0.4) is 0 Å². The highest BCUT2D eigenvalue weighted by Crippen LogP contribution is 2.39. The highest BCUT2D eigenvalue weighted by atomic mass is 79.9. The Bertz CT molecular complexity index is 574. The van der Waals surface area contributed by atoms with Crippen LogP contribution in [0, 0.1) is 0 Å². The maximum absolute atomic E-state index is 6.10. The molecule has 0 saturated carbocycles. The average molecular weight is 326 g/mol. The van der Waals surface area contributed by atoms with E-state index in [1.165, 1.54) is 6.39 Å². The second-order valence-corrected chi connectivity index (χ2v) is 5.00. The molecule has 3 rings (SSSR count). The Labute approximate surface area is 118 Å². The second kappa shape index (κ2) is 5.18. The van der Waals surface area contributed by atoms with Gasteiger partial charge in [-0.3, -0.25) is 0 Å². The Balaban J connectivity index is 1.99. The summed E-state index contributed by atoms with van der Waals surface area (Å²) in [6.07, 6.45) is 2.11. The van der Waals surface area contributed by atoms with Crippen molar-refractivity contribution in [3.8, 4) is 11.5 Å². The Kier molecular flexibility index (Phi) is 3.39. The first-order valence-electron chi connectivity index (χ1n) is 5.86. The molecule has 0 spiro atoms. The van der Waals surface area contributed by atoms with E-state index in [-0.39, 0.29) is 0 Å². The largest absolute Gasteiger partial charge is 0.490 e. The van der Waals surface area contributed by atoms with Crippen LogP contribution in [-0.2, 0) is 0 Å². The number of nitrogens with two attached hydrogens (primary N) is 1. The minimum absolute atomic E-state index is 0.432. The number of hydrogen-bond donors (Lipinski definition) is 1. The molecule has 2 N–H and O–H groups in total. The first-order chi connectivity index (χ1) is 9.25. The van der Waals surface area contributed by atoms with Gasteiger partial charge in [-0.1, -0.05) is 5.16 Å². The molecular formula is C12H12BrN3O3. The van der Waals surface area contributed by atoms with Gasteiger partial charge in [0.1, 0.15) is 0 Å². The van der Waals surface area contributed by atoms with Crippen molar-refractivity contribution in [3.05, 3.63) is 34.4 Å². The van der Waals surface area contributed by atoms with Crippen molar-refractivity contribution in [2.45, 2.75) is 12.5 Å². The molecule has 6 nitrogen and oxygen atoms in total. The van der Waals surface area contributed by atoms with E-state index in [0.717, 1.165) is 16.5 Å². The Hall–Kier alpha value is -1.60. The molecule has 19 heavy (non-hydrogen) atoms. The minimum Gasteiger partial charge on any atom is -0.490 e. The highest BCUT2D eigenvalue weighted by molar-refractivity contribution is 9.10. The predicted octanol–water partition coefficient (Wildman–Crippen LogP) is 2.04. The van der Waals surface area contributed by atoms with Crippen LogP contribution in [0.4, 0.5) is 0 Å². The summed E-state index contributed by atoms with van der Waals surface area (Å²) in [6, 6.07) is 3.27.